The number of benzene rings is 3. The molecule has 0 saturated carbocycles. The number of hydrogen-bond donors (Lipinski definition) is 0. The Hall–Kier alpha value is -3.83. The van der Waals surface area contributed by atoms with E-state index in [9.17, 15) is 4.79 Å². The summed E-state index contributed by atoms with van der Waals surface area (Å²) in [7, 11) is 0. The van der Waals surface area contributed by atoms with Crippen molar-refractivity contribution < 1.29 is 9.21 Å². The number of rotatable bonds is 7. The first-order valence-corrected chi connectivity index (χ1v) is 12.1. The van der Waals surface area contributed by atoms with Gasteiger partial charge in [0.05, 0.1) is 5.75 Å². The number of oxazole rings is 1. The van der Waals surface area contributed by atoms with Crippen molar-refractivity contribution >= 4 is 17.5 Å². The molecule has 4 nitrogen and oxygen atoms in total. The van der Waals surface area contributed by atoms with Crippen LogP contribution < -0.4 is 0 Å². The van der Waals surface area contributed by atoms with E-state index in [0.717, 1.165) is 39.5 Å². The molecule has 0 spiro atoms. The highest BCUT2D eigenvalue weighted by Gasteiger charge is 2.20. The van der Waals surface area contributed by atoms with Crippen LogP contribution in [0, 0.1) is 13.8 Å². The number of ketones is 1. The summed E-state index contributed by atoms with van der Waals surface area (Å²) in [6.45, 7) is 4.01. The van der Waals surface area contributed by atoms with Crippen LogP contribution in [-0.2, 0) is 0 Å². The third kappa shape index (κ3) is 4.35. The van der Waals surface area contributed by atoms with Crippen LogP contribution in [0.3, 0.4) is 0 Å². The van der Waals surface area contributed by atoms with Crippen molar-refractivity contribution in [2.24, 2.45) is 0 Å². The number of nitrogens with zero attached hydrogens (tertiary/aromatic N) is 2. The molecule has 168 valence electrons. The van der Waals surface area contributed by atoms with Gasteiger partial charge >= 0.3 is 0 Å². The second-order valence-corrected chi connectivity index (χ2v) is 8.98. The van der Waals surface area contributed by atoms with Crippen molar-refractivity contribution in [2.45, 2.75) is 19.1 Å². The smallest absolute Gasteiger partial charge is 0.257 e. The highest BCUT2D eigenvalue weighted by atomic mass is 32.2. The van der Waals surface area contributed by atoms with Gasteiger partial charge in [0.1, 0.15) is 5.69 Å². The van der Waals surface area contributed by atoms with Gasteiger partial charge in [0.2, 0.25) is 0 Å². The quantitative estimate of drug-likeness (QED) is 0.186. The summed E-state index contributed by atoms with van der Waals surface area (Å²) in [4.78, 5) is 17.9. The summed E-state index contributed by atoms with van der Waals surface area (Å²) in [6, 6.07) is 32.0. The lowest BCUT2D eigenvalue weighted by Crippen LogP contribution is -2.05. The summed E-state index contributed by atoms with van der Waals surface area (Å²) >= 11 is 1.33. The predicted molar refractivity (Wildman–Crippen MR) is 138 cm³/mol. The number of aryl methyl sites for hydroxylation is 1. The van der Waals surface area contributed by atoms with Gasteiger partial charge < -0.3 is 8.98 Å². The molecule has 0 saturated heterocycles. The van der Waals surface area contributed by atoms with Crippen molar-refractivity contribution in [2.75, 3.05) is 5.75 Å². The number of carbonyl (C=O) groups is 1. The summed E-state index contributed by atoms with van der Waals surface area (Å²) in [5.41, 5.74) is 6.48. The van der Waals surface area contributed by atoms with Gasteiger partial charge in [-0.05, 0) is 32.0 Å². The number of thioether (sulfide) groups is 1. The van der Waals surface area contributed by atoms with Crippen LogP contribution in [0.25, 0.3) is 28.3 Å². The number of para-hydroxylation sites is 1. The van der Waals surface area contributed by atoms with Crippen LogP contribution in [0.5, 0.6) is 0 Å². The second-order valence-electron chi connectivity index (χ2n) is 8.06. The molecule has 0 aliphatic rings. The van der Waals surface area contributed by atoms with Gasteiger partial charge in [-0.1, -0.05) is 90.6 Å². The van der Waals surface area contributed by atoms with Gasteiger partial charge in [0, 0.05) is 33.8 Å². The highest BCUT2D eigenvalue weighted by Crippen LogP contribution is 2.36. The summed E-state index contributed by atoms with van der Waals surface area (Å²) in [5, 5.41) is 0.489. The Morgan fingerprint density at radius 1 is 0.853 bits per heavy atom. The van der Waals surface area contributed by atoms with Gasteiger partial charge in [-0.25, -0.2) is 4.98 Å². The van der Waals surface area contributed by atoms with Crippen molar-refractivity contribution in [3.05, 3.63) is 114 Å². The van der Waals surface area contributed by atoms with Crippen molar-refractivity contribution in [3.63, 3.8) is 0 Å². The maximum absolute atomic E-state index is 13.2. The van der Waals surface area contributed by atoms with Gasteiger partial charge in [0.25, 0.3) is 5.22 Å². The van der Waals surface area contributed by atoms with E-state index >= 15 is 0 Å². The second kappa shape index (κ2) is 9.57. The SMILES string of the molecule is Cc1cc(C(=O)CSc2nc(-c3ccccc3)c(-c3ccccc3)o2)c(C)n1-c1ccccc1. The van der Waals surface area contributed by atoms with Gasteiger partial charge in [-0.3, -0.25) is 4.79 Å². The maximum Gasteiger partial charge on any atom is 0.257 e. The molecule has 0 atom stereocenters. The van der Waals surface area contributed by atoms with Crippen LogP contribution in [0.2, 0.25) is 0 Å². The van der Waals surface area contributed by atoms with Gasteiger partial charge in [0.15, 0.2) is 11.5 Å². The lowest BCUT2D eigenvalue weighted by molar-refractivity contribution is 0.102. The monoisotopic (exact) mass is 464 g/mol. The third-order valence-electron chi connectivity index (χ3n) is 5.76. The molecule has 5 aromatic rings. The third-order valence-corrected chi connectivity index (χ3v) is 6.59. The Kier molecular flexibility index (Phi) is 6.19. The summed E-state index contributed by atoms with van der Waals surface area (Å²) in [6.07, 6.45) is 0. The molecule has 2 aromatic heterocycles. The van der Waals surface area contributed by atoms with E-state index < -0.39 is 0 Å². The first kappa shape index (κ1) is 22.0. The minimum atomic E-state index is 0.0565. The highest BCUT2D eigenvalue weighted by molar-refractivity contribution is 7.99. The molecular weight excluding hydrogens is 440 g/mol. The van der Waals surface area contributed by atoms with Crippen LogP contribution in [0.1, 0.15) is 21.7 Å². The Labute approximate surface area is 203 Å². The minimum absolute atomic E-state index is 0.0565. The molecule has 0 aliphatic heterocycles. The van der Waals surface area contributed by atoms with Crippen LogP contribution in [0.15, 0.2) is 107 Å². The largest absolute Gasteiger partial charge is 0.431 e. The summed E-state index contributed by atoms with van der Waals surface area (Å²) < 4.78 is 8.28. The lowest BCUT2D eigenvalue weighted by Gasteiger charge is -2.09. The first-order chi connectivity index (χ1) is 16.6. The topological polar surface area (TPSA) is 48.0 Å². The number of carbonyl (C=O) groups excluding carboxylic acids is 1. The zero-order valence-electron chi connectivity index (χ0n) is 19.1. The van der Waals surface area contributed by atoms with E-state index in [1.54, 1.807) is 0 Å². The first-order valence-electron chi connectivity index (χ1n) is 11.1. The van der Waals surface area contributed by atoms with Crippen LogP contribution in [-0.4, -0.2) is 21.1 Å². The minimum Gasteiger partial charge on any atom is -0.431 e. The average Bonchev–Trinajstić information content (AvgIpc) is 3.45. The molecule has 2 heterocycles. The molecule has 34 heavy (non-hydrogen) atoms. The molecule has 5 heteroatoms. The lowest BCUT2D eigenvalue weighted by atomic mass is 10.1. The molecule has 0 bridgehead atoms. The fourth-order valence-corrected chi connectivity index (χ4v) is 4.87. The molecule has 0 N–H and O–H groups in total. The fraction of sp³-hybridized carbons (Fsp3) is 0.103. The zero-order valence-corrected chi connectivity index (χ0v) is 19.9. The van der Waals surface area contributed by atoms with E-state index in [1.165, 1.54) is 11.8 Å². The average molecular weight is 465 g/mol. The van der Waals surface area contributed by atoms with E-state index in [-0.39, 0.29) is 11.5 Å². The Morgan fingerprint density at radius 2 is 1.44 bits per heavy atom. The molecule has 0 unspecified atom stereocenters. The van der Waals surface area contributed by atoms with Crippen LogP contribution >= 0.6 is 11.8 Å². The van der Waals surface area contributed by atoms with E-state index in [4.69, 9.17) is 9.40 Å². The zero-order chi connectivity index (χ0) is 23.5. The maximum atomic E-state index is 13.2. The number of hydrogen-bond acceptors (Lipinski definition) is 4. The Bertz CT molecular complexity index is 1360. The molecule has 0 amide bonds. The van der Waals surface area contributed by atoms with E-state index in [2.05, 4.69) is 4.57 Å². The van der Waals surface area contributed by atoms with Gasteiger partial charge in [-0.15, -0.1) is 0 Å². The summed E-state index contributed by atoms with van der Waals surface area (Å²) in [5.74, 6) is 1.02. The van der Waals surface area contributed by atoms with Crippen molar-refractivity contribution in [3.8, 4) is 28.3 Å². The van der Waals surface area contributed by atoms with Crippen molar-refractivity contribution in [1.29, 1.82) is 0 Å². The Morgan fingerprint density at radius 3 is 2.09 bits per heavy atom. The molecule has 0 aliphatic carbocycles. The Balaban J connectivity index is 1.41. The van der Waals surface area contributed by atoms with E-state index in [1.807, 2.05) is 111 Å². The van der Waals surface area contributed by atoms with E-state index in [0.29, 0.717) is 11.0 Å². The fourth-order valence-electron chi connectivity index (χ4n) is 4.16. The predicted octanol–water partition coefficient (Wildman–Crippen LogP) is 7.39. The van der Waals surface area contributed by atoms with Crippen molar-refractivity contribution in [1.82, 2.24) is 9.55 Å². The molecular formula is C29H24N2O2S. The number of aromatic nitrogens is 2. The van der Waals surface area contributed by atoms with Crippen LogP contribution in [0.4, 0.5) is 0 Å². The molecule has 0 radical (unpaired) electrons. The van der Waals surface area contributed by atoms with Gasteiger partial charge in [-0.2, -0.15) is 0 Å². The number of Topliss-reactive ketones (excluding diaryl/α,β-unsaturated/α-hetero) is 1. The standard InChI is InChI=1S/C29H24N2O2S/c1-20-18-25(21(2)31(20)24-16-10-5-11-17-24)26(32)19-34-29-30-27(22-12-6-3-7-13-22)28(33-29)23-14-8-4-9-15-23/h3-18H,19H2,1-2H3. The normalized spacial score (nSPS) is 11.0. The molecule has 3 aromatic carbocycles. The molecule has 0 fully saturated rings. The molecule has 5 rings (SSSR count).